The molecular weight excluding hydrogens is 158 g/mol. The predicted octanol–water partition coefficient (Wildman–Crippen LogP) is -0.498. The molecule has 3 N–H and O–H groups in total. The van der Waals surface area contributed by atoms with Crippen molar-refractivity contribution in [3.05, 3.63) is 0 Å². The highest BCUT2D eigenvalue weighted by Crippen LogP contribution is 2.00. The first kappa shape index (κ1) is 9.92. The van der Waals surface area contributed by atoms with E-state index in [-0.39, 0.29) is 6.10 Å². The maximum absolute atomic E-state index is 8.60. The van der Waals surface area contributed by atoms with E-state index in [9.17, 15) is 0 Å². The van der Waals surface area contributed by atoms with Crippen LogP contribution in [-0.4, -0.2) is 43.7 Å². The highest BCUT2D eigenvalue weighted by molar-refractivity contribution is 4.64. The lowest BCUT2D eigenvalue weighted by atomic mass is 10.3. The first-order valence-electron chi connectivity index (χ1n) is 4.38. The molecule has 12 heavy (non-hydrogen) atoms. The van der Waals surface area contributed by atoms with Gasteiger partial charge in [-0.2, -0.15) is 0 Å². The van der Waals surface area contributed by atoms with Crippen LogP contribution in [0.15, 0.2) is 0 Å². The fraction of sp³-hybridized carbons (Fsp3) is 1.00. The van der Waals surface area contributed by atoms with Gasteiger partial charge in [-0.25, -0.2) is 0 Å². The number of aliphatic hydroxyl groups is 1. The van der Waals surface area contributed by atoms with Crippen molar-refractivity contribution < 1.29 is 14.6 Å². The van der Waals surface area contributed by atoms with Gasteiger partial charge in [0, 0.05) is 19.3 Å². The van der Waals surface area contributed by atoms with Gasteiger partial charge in [0.05, 0.1) is 19.3 Å². The van der Waals surface area contributed by atoms with E-state index in [1.54, 1.807) is 0 Å². The number of hydrogen-bond acceptors (Lipinski definition) is 4. The fourth-order valence-electron chi connectivity index (χ4n) is 1.07. The van der Waals surface area contributed by atoms with Crippen LogP contribution in [0.4, 0.5) is 0 Å². The molecule has 0 radical (unpaired) electrons. The summed E-state index contributed by atoms with van der Waals surface area (Å²) in [6, 6.07) is 0.324. The molecule has 0 saturated carbocycles. The highest BCUT2D eigenvalue weighted by Gasteiger charge is 2.09. The van der Waals surface area contributed by atoms with Gasteiger partial charge in [0.1, 0.15) is 0 Å². The second-order valence-electron chi connectivity index (χ2n) is 3.14. The van der Waals surface area contributed by atoms with E-state index in [4.69, 9.17) is 20.3 Å². The first-order valence-corrected chi connectivity index (χ1v) is 4.38. The average Bonchev–Trinajstić information content (AvgIpc) is 2.63. The van der Waals surface area contributed by atoms with Crippen LogP contribution in [0.2, 0.25) is 0 Å². The molecule has 72 valence electrons. The van der Waals surface area contributed by atoms with Crippen LogP contribution in [0.3, 0.4) is 0 Å². The van der Waals surface area contributed by atoms with Crippen LogP contribution >= 0.6 is 0 Å². The van der Waals surface area contributed by atoms with E-state index in [0.717, 1.165) is 32.7 Å². The number of ether oxygens (including phenoxy) is 2. The van der Waals surface area contributed by atoms with Gasteiger partial charge in [0.25, 0.3) is 0 Å². The zero-order chi connectivity index (χ0) is 8.81. The topological polar surface area (TPSA) is 64.7 Å². The molecule has 0 bridgehead atoms. The third-order valence-corrected chi connectivity index (χ3v) is 1.87. The van der Waals surface area contributed by atoms with Crippen LogP contribution in [0.1, 0.15) is 12.8 Å². The fourth-order valence-corrected chi connectivity index (χ4v) is 1.07. The summed E-state index contributed by atoms with van der Waals surface area (Å²) in [4.78, 5) is 0. The Labute approximate surface area is 72.6 Å². The summed E-state index contributed by atoms with van der Waals surface area (Å²) in [5.41, 5.74) is 5.41. The maximum atomic E-state index is 8.60. The van der Waals surface area contributed by atoms with Crippen molar-refractivity contribution in [1.29, 1.82) is 0 Å². The van der Waals surface area contributed by atoms with E-state index < -0.39 is 0 Å². The van der Waals surface area contributed by atoms with Crippen LogP contribution in [-0.2, 0) is 9.47 Å². The van der Waals surface area contributed by atoms with Crippen LogP contribution in [0.25, 0.3) is 0 Å². The summed E-state index contributed by atoms with van der Waals surface area (Å²) in [5, 5.41) is 8.60. The highest BCUT2D eigenvalue weighted by atomic mass is 16.5. The predicted molar refractivity (Wildman–Crippen MR) is 44.9 cm³/mol. The molecule has 2 atom stereocenters. The van der Waals surface area contributed by atoms with Crippen LogP contribution in [0.5, 0.6) is 0 Å². The first-order chi connectivity index (χ1) is 5.79. The van der Waals surface area contributed by atoms with Gasteiger partial charge in [0.15, 0.2) is 0 Å². The van der Waals surface area contributed by atoms with Gasteiger partial charge in [-0.1, -0.05) is 0 Å². The molecule has 0 unspecified atom stereocenters. The van der Waals surface area contributed by atoms with E-state index >= 15 is 0 Å². The third kappa shape index (κ3) is 4.01. The van der Waals surface area contributed by atoms with Crippen molar-refractivity contribution in [3.63, 3.8) is 0 Å². The molecule has 0 aromatic rings. The lowest BCUT2D eigenvalue weighted by Crippen LogP contribution is -2.18. The maximum Gasteiger partial charge on any atom is 0.0795 e. The summed E-state index contributed by atoms with van der Waals surface area (Å²) in [7, 11) is 0. The molecule has 2 fully saturated rings. The van der Waals surface area contributed by atoms with Crippen LogP contribution < -0.4 is 5.73 Å². The van der Waals surface area contributed by atoms with E-state index in [0.29, 0.717) is 12.6 Å². The largest absolute Gasteiger partial charge is 0.391 e. The average molecular weight is 175 g/mol. The normalized spacial score (nSPS) is 34.5. The van der Waals surface area contributed by atoms with E-state index in [1.807, 2.05) is 0 Å². The molecule has 4 nitrogen and oxygen atoms in total. The van der Waals surface area contributed by atoms with Gasteiger partial charge in [-0.3, -0.25) is 0 Å². The Balaban J connectivity index is 0.000000120. The van der Waals surface area contributed by atoms with Crippen molar-refractivity contribution >= 4 is 0 Å². The molecule has 4 heteroatoms. The Morgan fingerprint density at radius 3 is 1.92 bits per heavy atom. The molecule has 2 aliphatic rings. The molecule has 0 spiro atoms. The Morgan fingerprint density at radius 1 is 1.08 bits per heavy atom. The molecule has 0 amide bonds. The summed E-state index contributed by atoms with van der Waals surface area (Å²) >= 11 is 0. The van der Waals surface area contributed by atoms with Gasteiger partial charge in [-0.05, 0) is 12.8 Å². The minimum atomic E-state index is -0.176. The molecule has 2 aliphatic heterocycles. The Bertz CT molecular complexity index is 94.9. The minimum absolute atomic E-state index is 0.176. The zero-order valence-electron chi connectivity index (χ0n) is 7.24. The molecule has 2 saturated heterocycles. The summed E-state index contributed by atoms with van der Waals surface area (Å²) in [5.74, 6) is 0. The SMILES string of the molecule is N[C@@H]1CCOC1.O[C@H]1CCOC1. The number of aliphatic hydroxyl groups excluding tert-OH is 1. The number of rotatable bonds is 0. The third-order valence-electron chi connectivity index (χ3n) is 1.87. The second kappa shape index (κ2) is 5.48. The number of hydrogen-bond donors (Lipinski definition) is 2. The minimum Gasteiger partial charge on any atom is -0.391 e. The summed E-state index contributed by atoms with van der Waals surface area (Å²) in [6.07, 6.45) is 1.69. The summed E-state index contributed by atoms with van der Waals surface area (Å²) in [6.45, 7) is 2.91. The lowest BCUT2D eigenvalue weighted by molar-refractivity contribution is 0.127. The molecule has 2 heterocycles. The molecule has 0 aromatic carbocycles. The van der Waals surface area contributed by atoms with Gasteiger partial charge < -0.3 is 20.3 Å². The molecule has 2 rings (SSSR count). The second-order valence-corrected chi connectivity index (χ2v) is 3.14. The van der Waals surface area contributed by atoms with E-state index in [1.165, 1.54) is 0 Å². The lowest BCUT2D eigenvalue weighted by Gasteiger charge is -1.90. The van der Waals surface area contributed by atoms with Crippen molar-refractivity contribution in [2.24, 2.45) is 5.73 Å². The Kier molecular flexibility index (Phi) is 4.53. The van der Waals surface area contributed by atoms with Crippen LogP contribution in [0, 0.1) is 0 Å². The molecule has 0 aliphatic carbocycles. The van der Waals surface area contributed by atoms with Crippen molar-refractivity contribution in [2.75, 3.05) is 26.4 Å². The van der Waals surface area contributed by atoms with E-state index in [2.05, 4.69) is 0 Å². The summed E-state index contributed by atoms with van der Waals surface area (Å²) < 4.78 is 9.74. The quantitative estimate of drug-likeness (QED) is 0.521. The van der Waals surface area contributed by atoms with Gasteiger partial charge in [-0.15, -0.1) is 0 Å². The van der Waals surface area contributed by atoms with Crippen molar-refractivity contribution in [2.45, 2.75) is 25.0 Å². The standard InChI is InChI=1S/C4H9NO.C4H8O2/c2*5-4-1-2-6-3-4/h4H,1-3,5H2;4-5H,1-3H2/t2*4-/m10/s1. The zero-order valence-corrected chi connectivity index (χ0v) is 7.24. The molecular formula is C8H17NO3. The smallest absolute Gasteiger partial charge is 0.0795 e. The van der Waals surface area contributed by atoms with Crippen molar-refractivity contribution in [1.82, 2.24) is 0 Å². The monoisotopic (exact) mass is 175 g/mol. The Hall–Kier alpha value is -0.160. The number of nitrogens with two attached hydrogens (primary N) is 1. The molecule has 0 aromatic heterocycles. The Morgan fingerprint density at radius 2 is 1.75 bits per heavy atom. The van der Waals surface area contributed by atoms with Gasteiger partial charge >= 0.3 is 0 Å². The van der Waals surface area contributed by atoms with Gasteiger partial charge in [0.2, 0.25) is 0 Å². The van der Waals surface area contributed by atoms with Crippen molar-refractivity contribution in [3.8, 4) is 0 Å².